The van der Waals surface area contributed by atoms with Gasteiger partial charge in [-0.3, -0.25) is 9.59 Å². The first kappa shape index (κ1) is 20.6. The lowest BCUT2D eigenvalue weighted by Crippen LogP contribution is -2.43. The number of anilines is 2. The van der Waals surface area contributed by atoms with E-state index in [1.165, 1.54) is 22.5 Å². The van der Waals surface area contributed by atoms with Crippen LogP contribution in [-0.2, 0) is 19.6 Å². The molecule has 0 spiro atoms. The van der Waals surface area contributed by atoms with Gasteiger partial charge in [-0.1, -0.05) is 17.7 Å². The monoisotopic (exact) mass is 449 g/mol. The first-order valence-corrected chi connectivity index (χ1v) is 11.2. The molecule has 2 aliphatic heterocycles. The maximum absolute atomic E-state index is 13.3. The number of fused-ring (bicyclic) bond motifs is 1. The van der Waals surface area contributed by atoms with Crippen LogP contribution in [0.2, 0.25) is 5.02 Å². The SMILES string of the molecule is Cc1c(Cl)cccc1NC(=O)C1CCCN1S(=O)(=O)c1ccc2c(c1)NC(=O)CO2. The highest BCUT2D eigenvalue weighted by Gasteiger charge is 2.40. The minimum atomic E-state index is -3.95. The number of sulfonamides is 1. The fourth-order valence-corrected chi connectivity index (χ4v) is 5.46. The van der Waals surface area contributed by atoms with E-state index >= 15 is 0 Å². The molecule has 2 N–H and O–H groups in total. The number of carbonyl (C=O) groups excluding carboxylic acids is 2. The molecule has 0 saturated carbocycles. The quantitative estimate of drug-likeness (QED) is 0.746. The summed E-state index contributed by atoms with van der Waals surface area (Å²) >= 11 is 6.11. The van der Waals surface area contributed by atoms with E-state index in [1.54, 1.807) is 25.1 Å². The molecular formula is C20H20ClN3O5S. The van der Waals surface area contributed by atoms with Gasteiger partial charge in [0.1, 0.15) is 11.8 Å². The van der Waals surface area contributed by atoms with Crippen LogP contribution in [0.15, 0.2) is 41.3 Å². The average molecular weight is 450 g/mol. The van der Waals surface area contributed by atoms with Crippen LogP contribution >= 0.6 is 11.6 Å². The van der Waals surface area contributed by atoms with E-state index in [0.717, 1.165) is 0 Å². The number of nitrogens with one attached hydrogen (secondary N) is 2. The van der Waals surface area contributed by atoms with Crippen molar-refractivity contribution >= 4 is 44.8 Å². The summed E-state index contributed by atoms with van der Waals surface area (Å²) in [5.74, 6) is -0.357. The Morgan fingerprint density at radius 1 is 1.30 bits per heavy atom. The molecule has 1 saturated heterocycles. The van der Waals surface area contributed by atoms with Crippen molar-refractivity contribution in [1.29, 1.82) is 0 Å². The van der Waals surface area contributed by atoms with Crippen LogP contribution < -0.4 is 15.4 Å². The highest BCUT2D eigenvalue weighted by molar-refractivity contribution is 7.89. The van der Waals surface area contributed by atoms with E-state index in [1.807, 2.05) is 0 Å². The largest absolute Gasteiger partial charge is 0.482 e. The summed E-state index contributed by atoms with van der Waals surface area (Å²) < 4.78 is 33.0. The topological polar surface area (TPSA) is 105 Å². The molecule has 0 bridgehead atoms. The molecule has 8 nitrogen and oxygen atoms in total. The number of nitrogens with zero attached hydrogens (tertiary/aromatic N) is 1. The minimum Gasteiger partial charge on any atom is -0.482 e. The predicted molar refractivity (Wildman–Crippen MR) is 112 cm³/mol. The lowest BCUT2D eigenvalue weighted by Gasteiger charge is -2.25. The lowest BCUT2D eigenvalue weighted by atomic mass is 10.1. The standard InChI is InChI=1S/C20H20ClN3O5S/c1-12-14(21)4-2-5-15(12)23-20(26)17-6-3-9-24(17)30(27,28)13-7-8-18-16(10-13)22-19(25)11-29-18/h2,4-5,7-8,10,17H,3,6,9,11H2,1H3,(H,22,25)(H,23,26). The minimum absolute atomic E-state index is 0.00862. The zero-order valence-electron chi connectivity index (χ0n) is 16.1. The lowest BCUT2D eigenvalue weighted by molar-refractivity contribution is -0.119. The number of ether oxygens (including phenoxy) is 1. The maximum atomic E-state index is 13.3. The van der Waals surface area contributed by atoms with Crippen LogP contribution in [0.4, 0.5) is 11.4 Å². The number of amides is 2. The van der Waals surface area contributed by atoms with Gasteiger partial charge in [-0.25, -0.2) is 8.42 Å². The Hall–Kier alpha value is -2.62. The van der Waals surface area contributed by atoms with Gasteiger partial charge in [0, 0.05) is 17.3 Å². The Morgan fingerprint density at radius 2 is 2.10 bits per heavy atom. The molecule has 30 heavy (non-hydrogen) atoms. The number of hydrogen-bond donors (Lipinski definition) is 2. The zero-order chi connectivity index (χ0) is 21.5. The molecule has 1 fully saturated rings. The van der Waals surface area contributed by atoms with Crippen LogP contribution in [-0.4, -0.2) is 43.7 Å². The Kier molecular flexibility index (Phi) is 5.44. The number of rotatable bonds is 4. The number of benzene rings is 2. The Balaban J connectivity index is 1.59. The second-order valence-corrected chi connectivity index (χ2v) is 9.47. The van der Waals surface area contributed by atoms with Crippen molar-refractivity contribution in [2.75, 3.05) is 23.8 Å². The molecule has 2 amide bonds. The van der Waals surface area contributed by atoms with Crippen molar-refractivity contribution in [3.8, 4) is 5.75 Å². The van der Waals surface area contributed by atoms with E-state index in [-0.39, 0.29) is 24.0 Å². The summed E-state index contributed by atoms with van der Waals surface area (Å²) in [6, 6.07) is 8.60. The summed E-state index contributed by atoms with van der Waals surface area (Å²) in [5.41, 5.74) is 1.55. The summed E-state index contributed by atoms with van der Waals surface area (Å²) in [4.78, 5) is 24.4. The summed E-state index contributed by atoms with van der Waals surface area (Å²) in [6.07, 6.45) is 0.978. The molecule has 1 unspecified atom stereocenters. The molecule has 4 rings (SSSR count). The molecule has 2 aliphatic rings. The second kappa shape index (κ2) is 7.90. The molecule has 10 heteroatoms. The molecule has 0 aromatic heterocycles. The molecular weight excluding hydrogens is 430 g/mol. The van der Waals surface area contributed by atoms with Gasteiger partial charge in [0.2, 0.25) is 15.9 Å². The van der Waals surface area contributed by atoms with Crippen LogP contribution in [0.3, 0.4) is 0 Å². The van der Waals surface area contributed by atoms with Crippen LogP contribution in [0.1, 0.15) is 18.4 Å². The zero-order valence-corrected chi connectivity index (χ0v) is 17.7. The van der Waals surface area contributed by atoms with Crippen LogP contribution in [0, 0.1) is 6.92 Å². The van der Waals surface area contributed by atoms with E-state index in [0.29, 0.717) is 40.6 Å². The molecule has 2 aromatic carbocycles. The van der Waals surface area contributed by atoms with Crippen molar-refractivity contribution < 1.29 is 22.7 Å². The predicted octanol–water partition coefficient (Wildman–Crippen LogP) is 2.77. The molecule has 0 radical (unpaired) electrons. The Bertz CT molecular complexity index is 1140. The number of carbonyl (C=O) groups is 2. The first-order valence-electron chi connectivity index (χ1n) is 9.42. The molecule has 2 heterocycles. The number of hydrogen-bond acceptors (Lipinski definition) is 5. The van der Waals surface area contributed by atoms with Crippen LogP contribution in [0.5, 0.6) is 5.75 Å². The van der Waals surface area contributed by atoms with Gasteiger partial charge in [0.25, 0.3) is 5.91 Å². The van der Waals surface area contributed by atoms with Crippen molar-refractivity contribution in [3.63, 3.8) is 0 Å². The smallest absolute Gasteiger partial charge is 0.262 e. The van der Waals surface area contributed by atoms with Crippen molar-refractivity contribution in [2.45, 2.75) is 30.7 Å². The van der Waals surface area contributed by atoms with Gasteiger partial charge in [-0.2, -0.15) is 4.31 Å². The van der Waals surface area contributed by atoms with Gasteiger partial charge in [-0.05, 0) is 55.7 Å². The first-order chi connectivity index (χ1) is 14.3. The Morgan fingerprint density at radius 3 is 2.90 bits per heavy atom. The summed E-state index contributed by atoms with van der Waals surface area (Å²) in [7, 11) is -3.95. The second-order valence-electron chi connectivity index (χ2n) is 7.17. The van der Waals surface area contributed by atoms with Gasteiger partial charge in [-0.15, -0.1) is 0 Å². The van der Waals surface area contributed by atoms with Gasteiger partial charge >= 0.3 is 0 Å². The third-order valence-electron chi connectivity index (χ3n) is 5.22. The molecule has 1 atom stereocenters. The number of halogens is 1. The highest BCUT2D eigenvalue weighted by atomic mass is 35.5. The fourth-order valence-electron chi connectivity index (χ4n) is 3.61. The average Bonchev–Trinajstić information content (AvgIpc) is 3.22. The normalized spacial score (nSPS) is 19.0. The summed E-state index contributed by atoms with van der Waals surface area (Å²) in [6.45, 7) is 1.90. The molecule has 0 aliphatic carbocycles. The van der Waals surface area contributed by atoms with Gasteiger partial charge in [0.05, 0.1) is 10.6 Å². The van der Waals surface area contributed by atoms with Crippen molar-refractivity contribution in [3.05, 3.63) is 47.0 Å². The van der Waals surface area contributed by atoms with Gasteiger partial charge in [0.15, 0.2) is 6.61 Å². The van der Waals surface area contributed by atoms with Crippen LogP contribution in [0.25, 0.3) is 0 Å². The highest BCUT2D eigenvalue weighted by Crippen LogP contribution is 2.34. The molecule has 2 aromatic rings. The fraction of sp³-hybridized carbons (Fsp3) is 0.300. The third-order valence-corrected chi connectivity index (χ3v) is 7.54. The Labute approximate surface area is 179 Å². The van der Waals surface area contributed by atoms with E-state index < -0.39 is 22.0 Å². The molecule has 158 valence electrons. The maximum Gasteiger partial charge on any atom is 0.262 e. The van der Waals surface area contributed by atoms with E-state index in [9.17, 15) is 18.0 Å². The van der Waals surface area contributed by atoms with E-state index in [2.05, 4.69) is 10.6 Å². The summed E-state index contributed by atoms with van der Waals surface area (Å²) in [5, 5.41) is 5.91. The van der Waals surface area contributed by atoms with E-state index in [4.69, 9.17) is 16.3 Å². The van der Waals surface area contributed by atoms with Crippen molar-refractivity contribution in [1.82, 2.24) is 4.31 Å². The third kappa shape index (κ3) is 3.76. The van der Waals surface area contributed by atoms with Crippen molar-refractivity contribution in [2.24, 2.45) is 0 Å². The van der Waals surface area contributed by atoms with Gasteiger partial charge < -0.3 is 15.4 Å².